The Bertz CT molecular complexity index is 875. The van der Waals surface area contributed by atoms with Gasteiger partial charge in [-0.1, -0.05) is 6.07 Å². The zero-order valence-electron chi connectivity index (χ0n) is 15.4. The molecule has 1 saturated heterocycles. The van der Waals surface area contributed by atoms with Crippen molar-refractivity contribution in [1.82, 2.24) is 14.7 Å². The number of halogens is 4. The molecule has 1 aromatic carbocycles. The Labute approximate surface area is 163 Å². The number of carbonyl (C=O) groups is 2. The van der Waals surface area contributed by atoms with Gasteiger partial charge in [-0.15, -0.1) is 0 Å². The summed E-state index contributed by atoms with van der Waals surface area (Å²) in [5.41, 5.74) is -0.662. The van der Waals surface area contributed by atoms with Gasteiger partial charge in [-0.3, -0.25) is 14.3 Å². The Morgan fingerprint density at radius 1 is 1.17 bits per heavy atom. The second kappa shape index (κ2) is 8.60. The maximum atomic E-state index is 13.2. The van der Waals surface area contributed by atoms with Crippen LogP contribution in [0.4, 0.5) is 23.2 Å². The molecule has 1 aromatic heterocycles. The molecule has 0 bridgehead atoms. The van der Waals surface area contributed by atoms with Gasteiger partial charge in [0.2, 0.25) is 5.91 Å². The maximum absolute atomic E-state index is 13.2. The monoisotopic (exact) mass is 414 g/mol. The zero-order chi connectivity index (χ0) is 21.0. The molecule has 2 heterocycles. The molecular weight excluding hydrogens is 394 g/mol. The first-order chi connectivity index (χ1) is 13.7. The van der Waals surface area contributed by atoms with Crippen LogP contribution in [0.2, 0.25) is 0 Å². The predicted molar refractivity (Wildman–Crippen MR) is 94.4 cm³/mol. The Hall–Kier alpha value is -2.95. The Morgan fingerprint density at radius 3 is 2.52 bits per heavy atom. The number of carbonyl (C=O) groups excluding carboxylic acids is 2. The summed E-state index contributed by atoms with van der Waals surface area (Å²) < 4.78 is 51.8. The highest BCUT2D eigenvalue weighted by molar-refractivity contribution is 5.91. The fourth-order valence-corrected chi connectivity index (χ4v) is 3.09. The standard InChI is InChI=1S/C18H19F4N5O2/c19-13-2-1-3-14(10-13)23-16(28)11-25-6-8-26(9-7-25)17(29)12-27-5-4-15(24-27)18(20,21)22/h1-5,10H,6-9,11-12H2,(H,23,28)/p+1. The van der Waals surface area contributed by atoms with Crippen molar-refractivity contribution < 1.29 is 32.1 Å². The van der Waals surface area contributed by atoms with Crippen molar-refractivity contribution in [1.29, 1.82) is 0 Å². The van der Waals surface area contributed by atoms with Gasteiger partial charge in [0, 0.05) is 11.9 Å². The molecule has 0 radical (unpaired) electrons. The summed E-state index contributed by atoms with van der Waals surface area (Å²) in [6.07, 6.45) is -3.42. The average molecular weight is 414 g/mol. The van der Waals surface area contributed by atoms with Gasteiger partial charge in [0.15, 0.2) is 12.2 Å². The average Bonchev–Trinajstić information content (AvgIpc) is 3.11. The van der Waals surface area contributed by atoms with Gasteiger partial charge in [0.1, 0.15) is 12.4 Å². The van der Waals surface area contributed by atoms with E-state index in [1.54, 1.807) is 11.0 Å². The zero-order valence-corrected chi connectivity index (χ0v) is 15.4. The van der Waals surface area contributed by atoms with Crippen molar-refractivity contribution in [2.24, 2.45) is 0 Å². The van der Waals surface area contributed by atoms with Crippen LogP contribution in [-0.2, 0) is 22.3 Å². The third kappa shape index (κ3) is 5.76. The van der Waals surface area contributed by atoms with Crippen LogP contribution in [0.1, 0.15) is 5.69 Å². The Kier molecular flexibility index (Phi) is 6.16. The molecule has 0 saturated carbocycles. The molecule has 2 aromatic rings. The van der Waals surface area contributed by atoms with Crippen LogP contribution in [0.3, 0.4) is 0 Å². The molecule has 0 aliphatic carbocycles. The van der Waals surface area contributed by atoms with E-state index < -0.39 is 17.7 Å². The number of quaternary nitrogens is 1. The molecule has 156 valence electrons. The summed E-state index contributed by atoms with van der Waals surface area (Å²) in [5.74, 6) is -1.03. The number of rotatable bonds is 5. The number of nitrogens with zero attached hydrogens (tertiary/aromatic N) is 3. The second-order valence-corrected chi connectivity index (χ2v) is 6.76. The number of aromatic nitrogens is 2. The summed E-state index contributed by atoms with van der Waals surface area (Å²) >= 11 is 0. The number of hydrogen-bond donors (Lipinski definition) is 2. The van der Waals surface area contributed by atoms with E-state index in [0.717, 1.165) is 21.8 Å². The van der Waals surface area contributed by atoms with E-state index in [2.05, 4.69) is 10.4 Å². The van der Waals surface area contributed by atoms with E-state index in [-0.39, 0.29) is 24.9 Å². The normalized spacial score (nSPS) is 15.4. The molecular formula is C18H20F4N5O2+. The number of anilines is 1. The van der Waals surface area contributed by atoms with Gasteiger partial charge >= 0.3 is 6.18 Å². The van der Waals surface area contributed by atoms with E-state index in [1.807, 2.05) is 0 Å². The van der Waals surface area contributed by atoms with Crippen molar-refractivity contribution >= 4 is 17.5 Å². The highest BCUT2D eigenvalue weighted by Crippen LogP contribution is 2.27. The first kappa shape index (κ1) is 20.8. The molecule has 2 N–H and O–H groups in total. The lowest BCUT2D eigenvalue weighted by Crippen LogP contribution is -3.15. The van der Waals surface area contributed by atoms with Gasteiger partial charge in [0.05, 0.1) is 26.2 Å². The summed E-state index contributed by atoms with van der Waals surface area (Å²) in [4.78, 5) is 26.9. The largest absolute Gasteiger partial charge is 0.435 e. The lowest BCUT2D eigenvalue weighted by atomic mass is 10.3. The van der Waals surface area contributed by atoms with Crippen molar-refractivity contribution in [3.05, 3.63) is 48.0 Å². The van der Waals surface area contributed by atoms with E-state index in [4.69, 9.17) is 0 Å². The lowest BCUT2D eigenvalue weighted by Gasteiger charge is -2.31. The van der Waals surface area contributed by atoms with Crippen molar-refractivity contribution in [2.45, 2.75) is 12.7 Å². The van der Waals surface area contributed by atoms with Crippen LogP contribution in [0.5, 0.6) is 0 Å². The third-order valence-corrected chi connectivity index (χ3v) is 4.57. The molecule has 0 spiro atoms. The summed E-state index contributed by atoms with van der Waals surface area (Å²) in [5, 5.41) is 6.00. The summed E-state index contributed by atoms with van der Waals surface area (Å²) in [7, 11) is 0. The topological polar surface area (TPSA) is 71.7 Å². The fraction of sp³-hybridized carbons (Fsp3) is 0.389. The van der Waals surface area contributed by atoms with Crippen LogP contribution in [0, 0.1) is 5.82 Å². The highest BCUT2D eigenvalue weighted by atomic mass is 19.4. The molecule has 7 nitrogen and oxygen atoms in total. The van der Waals surface area contributed by atoms with Gasteiger partial charge in [-0.25, -0.2) is 4.39 Å². The quantitative estimate of drug-likeness (QED) is 0.697. The predicted octanol–water partition coefficient (Wildman–Crippen LogP) is 0.407. The lowest BCUT2D eigenvalue weighted by molar-refractivity contribution is -0.895. The first-order valence-electron chi connectivity index (χ1n) is 8.98. The van der Waals surface area contributed by atoms with Gasteiger partial charge in [-0.05, 0) is 24.3 Å². The molecule has 1 aliphatic heterocycles. The van der Waals surface area contributed by atoms with Crippen molar-refractivity contribution in [3.63, 3.8) is 0 Å². The van der Waals surface area contributed by atoms with Crippen LogP contribution in [0.15, 0.2) is 36.5 Å². The molecule has 1 aliphatic rings. The minimum Gasteiger partial charge on any atom is -0.330 e. The molecule has 11 heteroatoms. The van der Waals surface area contributed by atoms with Crippen molar-refractivity contribution in [2.75, 3.05) is 38.0 Å². The fourth-order valence-electron chi connectivity index (χ4n) is 3.09. The number of alkyl halides is 3. The molecule has 29 heavy (non-hydrogen) atoms. The molecule has 0 atom stereocenters. The third-order valence-electron chi connectivity index (χ3n) is 4.57. The Balaban J connectivity index is 1.44. The molecule has 0 unspecified atom stereocenters. The number of benzene rings is 1. The van der Waals surface area contributed by atoms with Crippen LogP contribution < -0.4 is 10.2 Å². The number of piperazine rings is 1. The summed E-state index contributed by atoms with van der Waals surface area (Å²) in [6, 6.07) is 6.42. The SMILES string of the molecule is O=C(C[NH+]1CCN(C(=O)Cn2ccc(C(F)(F)F)n2)CC1)Nc1cccc(F)c1. The Morgan fingerprint density at radius 2 is 1.90 bits per heavy atom. The van der Waals surface area contributed by atoms with Crippen LogP contribution >= 0.6 is 0 Å². The van der Waals surface area contributed by atoms with Crippen LogP contribution in [-0.4, -0.2) is 59.2 Å². The van der Waals surface area contributed by atoms with E-state index in [9.17, 15) is 27.2 Å². The highest BCUT2D eigenvalue weighted by Gasteiger charge is 2.34. The number of hydrogen-bond acceptors (Lipinski definition) is 3. The number of nitrogens with one attached hydrogen (secondary N) is 2. The molecule has 2 amide bonds. The van der Waals surface area contributed by atoms with Gasteiger partial charge < -0.3 is 15.1 Å². The first-order valence-corrected chi connectivity index (χ1v) is 8.98. The van der Waals surface area contributed by atoms with Gasteiger partial charge in [-0.2, -0.15) is 18.3 Å². The minimum absolute atomic E-state index is 0.173. The van der Waals surface area contributed by atoms with Gasteiger partial charge in [0.25, 0.3) is 5.91 Å². The smallest absolute Gasteiger partial charge is 0.330 e. The van der Waals surface area contributed by atoms with Crippen LogP contribution in [0.25, 0.3) is 0 Å². The van der Waals surface area contributed by atoms with E-state index in [1.165, 1.54) is 18.2 Å². The minimum atomic E-state index is -4.55. The molecule has 1 fully saturated rings. The molecule has 3 rings (SSSR count). The summed E-state index contributed by atoms with van der Waals surface area (Å²) in [6.45, 7) is 1.71. The van der Waals surface area contributed by atoms with E-state index >= 15 is 0 Å². The van der Waals surface area contributed by atoms with Crippen molar-refractivity contribution in [3.8, 4) is 0 Å². The number of amides is 2. The second-order valence-electron chi connectivity index (χ2n) is 6.76. The van der Waals surface area contributed by atoms with E-state index in [0.29, 0.717) is 31.9 Å². The maximum Gasteiger partial charge on any atom is 0.435 e.